The van der Waals surface area contributed by atoms with Gasteiger partial charge in [-0.15, -0.1) is 0 Å². The van der Waals surface area contributed by atoms with Crippen molar-refractivity contribution in [3.63, 3.8) is 0 Å². The van der Waals surface area contributed by atoms with Crippen LogP contribution in [0.25, 0.3) is 0 Å². The number of imidazole rings is 1. The molecule has 248 valence electrons. The second kappa shape index (κ2) is 31.6. The molecule has 1 rings (SSSR count). The molecule has 0 unspecified atom stereocenters. The molecule has 1 heterocycles. The van der Waals surface area contributed by atoms with Gasteiger partial charge in [0.2, 0.25) is 0 Å². The van der Waals surface area contributed by atoms with E-state index >= 15 is 0 Å². The lowest BCUT2D eigenvalue weighted by Gasteiger charge is -2.07. The van der Waals surface area contributed by atoms with Crippen LogP contribution in [0.2, 0.25) is 0 Å². The first-order valence-electron chi connectivity index (χ1n) is 19.9. The monoisotopic (exact) mass is 588 g/mol. The third-order valence-corrected chi connectivity index (χ3v) is 9.60. The largest absolute Gasteiger partial charge is 0.256 e. The van der Waals surface area contributed by atoms with Gasteiger partial charge in [-0.25, -0.2) is 9.13 Å². The molecule has 0 aliphatic carbocycles. The van der Waals surface area contributed by atoms with Gasteiger partial charge in [0.1, 0.15) is 12.4 Å². The van der Waals surface area contributed by atoms with Crippen molar-refractivity contribution in [2.24, 2.45) is 0 Å². The topological polar surface area (TPSA) is 8.81 Å². The minimum absolute atomic E-state index is 1.23. The van der Waals surface area contributed by atoms with E-state index in [0.717, 1.165) is 0 Å². The highest BCUT2D eigenvalue weighted by Gasteiger charge is 2.16. The molecule has 0 aliphatic rings. The number of unbranched alkanes of at least 4 members (excludes halogenated alkanes) is 28. The normalized spacial score (nSPS) is 11.6. The predicted molar refractivity (Wildman–Crippen MR) is 188 cm³/mol. The third-order valence-electron chi connectivity index (χ3n) is 9.60. The van der Waals surface area contributed by atoms with Crippen LogP contribution in [-0.2, 0) is 19.5 Å². The zero-order chi connectivity index (χ0) is 30.2. The fraction of sp³-hybridized carbons (Fsp3) is 0.925. The maximum atomic E-state index is 2.64. The first-order valence-corrected chi connectivity index (χ1v) is 19.9. The van der Waals surface area contributed by atoms with E-state index in [2.05, 4.69) is 42.3 Å². The molecule has 0 atom stereocenters. The fourth-order valence-corrected chi connectivity index (χ4v) is 6.68. The molecule has 0 amide bonds. The van der Waals surface area contributed by atoms with E-state index in [4.69, 9.17) is 0 Å². The molecule has 2 nitrogen and oxygen atoms in total. The molecule has 0 saturated heterocycles. The number of aryl methyl sites for hydroxylation is 2. The number of hydrogen-bond acceptors (Lipinski definition) is 0. The van der Waals surface area contributed by atoms with Crippen molar-refractivity contribution in [2.45, 2.75) is 239 Å². The lowest BCUT2D eigenvalue weighted by atomic mass is 10.1. The number of aromatic nitrogens is 2. The van der Waals surface area contributed by atoms with E-state index < -0.39 is 0 Å². The molecular formula is C40H79N2+. The average Bonchev–Trinajstić information content (AvgIpc) is 3.38. The minimum atomic E-state index is 1.23. The van der Waals surface area contributed by atoms with Gasteiger partial charge >= 0.3 is 0 Å². The van der Waals surface area contributed by atoms with Crippen LogP contribution in [0.4, 0.5) is 0 Å². The summed E-state index contributed by atoms with van der Waals surface area (Å²) in [6, 6.07) is 0. The Hall–Kier alpha value is -0.790. The zero-order valence-electron chi connectivity index (χ0n) is 29.6. The Labute approximate surface area is 266 Å². The van der Waals surface area contributed by atoms with Crippen LogP contribution >= 0.6 is 0 Å². The van der Waals surface area contributed by atoms with E-state index in [0.29, 0.717) is 0 Å². The molecule has 0 fully saturated rings. The summed E-state index contributed by atoms with van der Waals surface area (Å²) in [4.78, 5) is 0. The van der Waals surface area contributed by atoms with Crippen molar-refractivity contribution in [1.29, 1.82) is 0 Å². The summed E-state index contributed by atoms with van der Waals surface area (Å²) in [5.74, 6) is 1.62. The summed E-state index contributed by atoms with van der Waals surface area (Å²) in [5.41, 5.74) is 0. The third kappa shape index (κ3) is 23.6. The van der Waals surface area contributed by atoms with Gasteiger partial charge in [0, 0.05) is 6.42 Å². The molecule has 0 saturated carbocycles. The number of hydrogen-bond donors (Lipinski definition) is 0. The molecule has 0 aromatic carbocycles. The first kappa shape index (κ1) is 39.2. The zero-order valence-corrected chi connectivity index (χ0v) is 29.6. The summed E-state index contributed by atoms with van der Waals surface area (Å²) in [6.07, 6.45) is 50.4. The Morgan fingerprint density at radius 2 is 0.738 bits per heavy atom. The van der Waals surface area contributed by atoms with Gasteiger partial charge < -0.3 is 0 Å². The van der Waals surface area contributed by atoms with E-state index in [-0.39, 0.29) is 0 Å². The molecule has 0 aliphatic heterocycles. The molecule has 1 aromatic heterocycles. The van der Waals surface area contributed by atoms with Gasteiger partial charge in [-0.3, -0.25) is 0 Å². The standard InChI is InChI=1S/C40H79N2/c1-4-7-10-13-16-19-21-24-27-30-33-36-41-38-39-42(37-34-31-28-25-22-20-17-14-11-8-5-2)40(41)35-32-29-26-23-18-15-12-9-6-3/h38-39H,4-37H2,1-3H3/q+1. The maximum absolute atomic E-state index is 2.64. The molecule has 42 heavy (non-hydrogen) atoms. The number of rotatable bonds is 34. The molecule has 0 bridgehead atoms. The van der Waals surface area contributed by atoms with Crippen molar-refractivity contribution in [1.82, 2.24) is 4.57 Å². The Kier molecular flexibility index (Phi) is 29.5. The fourth-order valence-electron chi connectivity index (χ4n) is 6.68. The van der Waals surface area contributed by atoms with Crippen molar-refractivity contribution in [3.05, 3.63) is 18.2 Å². The van der Waals surface area contributed by atoms with Gasteiger partial charge in [0.15, 0.2) is 0 Å². The van der Waals surface area contributed by atoms with Crippen molar-refractivity contribution in [3.8, 4) is 0 Å². The summed E-state index contributed by atoms with van der Waals surface area (Å²) in [5, 5.41) is 0. The summed E-state index contributed by atoms with van der Waals surface area (Å²) < 4.78 is 5.27. The maximum Gasteiger partial charge on any atom is 0.256 e. The number of nitrogens with zero attached hydrogens (tertiary/aromatic N) is 2. The Balaban J connectivity index is 2.31. The highest BCUT2D eigenvalue weighted by atomic mass is 15.1. The summed E-state index contributed by atoms with van der Waals surface area (Å²) in [6.45, 7) is 9.40. The predicted octanol–water partition coefficient (Wildman–Crippen LogP) is 13.5. The lowest BCUT2D eigenvalue weighted by molar-refractivity contribution is -0.704. The quantitative estimate of drug-likeness (QED) is 0.0560. The van der Waals surface area contributed by atoms with Gasteiger partial charge in [0.25, 0.3) is 5.82 Å². The highest BCUT2D eigenvalue weighted by molar-refractivity contribution is 4.84. The molecule has 1 aromatic rings. The van der Waals surface area contributed by atoms with Gasteiger partial charge in [-0.1, -0.05) is 188 Å². The van der Waals surface area contributed by atoms with Crippen LogP contribution in [0, 0.1) is 0 Å². The summed E-state index contributed by atoms with van der Waals surface area (Å²) >= 11 is 0. The highest BCUT2D eigenvalue weighted by Crippen LogP contribution is 2.15. The van der Waals surface area contributed by atoms with Gasteiger partial charge in [0.05, 0.1) is 13.1 Å². The van der Waals surface area contributed by atoms with E-state index in [1.807, 2.05) is 0 Å². The molecule has 0 spiro atoms. The van der Waals surface area contributed by atoms with Crippen LogP contribution in [-0.4, -0.2) is 4.57 Å². The van der Waals surface area contributed by atoms with Crippen molar-refractivity contribution < 1.29 is 4.57 Å². The Bertz CT molecular complexity index is 605. The Morgan fingerprint density at radius 3 is 1.14 bits per heavy atom. The van der Waals surface area contributed by atoms with Crippen LogP contribution in [0.1, 0.15) is 226 Å². The molecule has 0 N–H and O–H groups in total. The molecular weight excluding hydrogens is 508 g/mol. The SMILES string of the molecule is CCCCCCCCCCCCCn1cc[n+](CCCCCCCCCCCCC)c1CCCCCCCCCCC. The average molecular weight is 588 g/mol. The summed E-state index contributed by atoms with van der Waals surface area (Å²) in [7, 11) is 0. The van der Waals surface area contributed by atoms with E-state index in [9.17, 15) is 0 Å². The first-order chi connectivity index (χ1) is 20.8. The molecule has 0 radical (unpaired) electrons. The van der Waals surface area contributed by atoms with Crippen molar-refractivity contribution >= 4 is 0 Å². The van der Waals surface area contributed by atoms with E-state index in [1.165, 1.54) is 219 Å². The van der Waals surface area contributed by atoms with Crippen LogP contribution in [0.5, 0.6) is 0 Å². The van der Waals surface area contributed by atoms with Crippen LogP contribution in [0.3, 0.4) is 0 Å². The van der Waals surface area contributed by atoms with Gasteiger partial charge in [-0.2, -0.15) is 0 Å². The second-order valence-corrected chi connectivity index (χ2v) is 13.8. The van der Waals surface area contributed by atoms with Gasteiger partial charge in [-0.05, 0) is 32.1 Å². The smallest absolute Gasteiger partial charge is 0.234 e. The lowest BCUT2D eigenvalue weighted by Crippen LogP contribution is -2.37. The van der Waals surface area contributed by atoms with Crippen LogP contribution in [0.15, 0.2) is 12.4 Å². The van der Waals surface area contributed by atoms with E-state index in [1.54, 1.807) is 5.82 Å². The van der Waals surface area contributed by atoms with Crippen molar-refractivity contribution in [2.75, 3.05) is 0 Å². The molecule has 2 heteroatoms. The van der Waals surface area contributed by atoms with Crippen LogP contribution < -0.4 is 4.57 Å². The second-order valence-electron chi connectivity index (χ2n) is 13.8. The minimum Gasteiger partial charge on any atom is -0.234 e. The Morgan fingerprint density at radius 1 is 0.405 bits per heavy atom.